The van der Waals surface area contributed by atoms with Gasteiger partial charge in [0.05, 0.1) is 11.8 Å². The van der Waals surface area contributed by atoms with Crippen LogP contribution >= 0.6 is 0 Å². The van der Waals surface area contributed by atoms with Crippen LogP contribution in [0.25, 0.3) is 6.08 Å². The van der Waals surface area contributed by atoms with Gasteiger partial charge in [0.2, 0.25) is 0 Å². The van der Waals surface area contributed by atoms with Gasteiger partial charge in [0.25, 0.3) is 0 Å². The quantitative estimate of drug-likeness (QED) is 0.350. The number of carboxylic acid groups (broad SMARTS) is 1. The molecule has 130 valence electrons. The van der Waals surface area contributed by atoms with E-state index in [-0.39, 0.29) is 5.96 Å². The molecule has 0 aliphatic carbocycles. The van der Waals surface area contributed by atoms with Crippen molar-refractivity contribution in [2.45, 2.75) is 18.9 Å². The zero-order valence-corrected chi connectivity index (χ0v) is 13.7. The summed E-state index contributed by atoms with van der Waals surface area (Å²) < 4.78 is 0. The van der Waals surface area contributed by atoms with E-state index in [1.165, 1.54) is 0 Å². The molecule has 2 aromatic rings. The van der Waals surface area contributed by atoms with Gasteiger partial charge in [0.1, 0.15) is 0 Å². The Bertz CT molecular complexity index is 796. The summed E-state index contributed by atoms with van der Waals surface area (Å²) in [6, 6.07) is 14.7. The van der Waals surface area contributed by atoms with E-state index in [9.17, 15) is 9.90 Å². The summed E-state index contributed by atoms with van der Waals surface area (Å²) in [5.74, 6) is -1.01. The summed E-state index contributed by atoms with van der Waals surface area (Å²) >= 11 is 0. The Balaban J connectivity index is 2.02. The van der Waals surface area contributed by atoms with Gasteiger partial charge in [0.15, 0.2) is 5.96 Å². The molecule has 1 unspecified atom stereocenters. The maximum absolute atomic E-state index is 10.6. The number of nitrogens with zero attached hydrogens (tertiary/aromatic N) is 1. The van der Waals surface area contributed by atoms with Crippen molar-refractivity contribution in [3.05, 3.63) is 71.3 Å². The van der Waals surface area contributed by atoms with Gasteiger partial charge in [0, 0.05) is 6.08 Å². The van der Waals surface area contributed by atoms with Crippen LogP contribution in [0.5, 0.6) is 0 Å². The summed E-state index contributed by atoms with van der Waals surface area (Å²) in [6.07, 6.45) is 3.18. The third-order valence-corrected chi connectivity index (χ3v) is 3.59. The van der Waals surface area contributed by atoms with Crippen LogP contribution in [-0.4, -0.2) is 22.1 Å². The van der Waals surface area contributed by atoms with Crippen molar-refractivity contribution in [1.29, 1.82) is 0 Å². The number of hydrogen-bond donors (Lipinski definition) is 4. The van der Waals surface area contributed by atoms with Crippen LogP contribution < -0.4 is 11.5 Å². The molecule has 0 saturated heterocycles. The first-order valence-electron chi connectivity index (χ1n) is 7.81. The standard InChI is InChI=1S/C19H21N3O3/c20-19(21)22-16-6-2-5-15(12-16)17(23)9-7-13-3-1-4-14(11-13)8-10-18(24)25/h1-6,8,10-12,17,23H,7,9H2,(H,24,25)(H4,20,21,22)/b10-8+. The van der Waals surface area contributed by atoms with Crippen LogP contribution in [0.2, 0.25) is 0 Å². The summed E-state index contributed by atoms with van der Waals surface area (Å²) in [7, 11) is 0. The topological polar surface area (TPSA) is 122 Å². The maximum atomic E-state index is 10.6. The number of aryl methyl sites for hydroxylation is 1. The van der Waals surface area contributed by atoms with E-state index in [0.717, 1.165) is 22.8 Å². The highest BCUT2D eigenvalue weighted by Crippen LogP contribution is 2.23. The summed E-state index contributed by atoms with van der Waals surface area (Å²) in [5, 5.41) is 19.1. The first kappa shape index (κ1) is 18.2. The molecule has 0 bridgehead atoms. The number of carbonyl (C=O) groups is 1. The fraction of sp³-hybridized carbons (Fsp3) is 0.158. The number of nitrogens with two attached hydrogens (primary N) is 2. The minimum absolute atomic E-state index is 0.0297. The van der Waals surface area contributed by atoms with Gasteiger partial charge in [-0.1, -0.05) is 36.4 Å². The largest absolute Gasteiger partial charge is 0.478 e. The molecular formula is C19H21N3O3. The monoisotopic (exact) mass is 339 g/mol. The predicted molar refractivity (Wildman–Crippen MR) is 98.3 cm³/mol. The zero-order chi connectivity index (χ0) is 18.2. The summed E-state index contributed by atoms with van der Waals surface area (Å²) in [4.78, 5) is 14.6. The van der Waals surface area contributed by atoms with Gasteiger partial charge in [-0.25, -0.2) is 9.79 Å². The smallest absolute Gasteiger partial charge is 0.328 e. The van der Waals surface area contributed by atoms with Crippen molar-refractivity contribution in [3.63, 3.8) is 0 Å². The predicted octanol–water partition coefficient (Wildman–Crippen LogP) is 2.36. The third kappa shape index (κ3) is 6.12. The first-order chi connectivity index (χ1) is 11.9. The third-order valence-electron chi connectivity index (χ3n) is 3.59. The van der Waals surface area contributed by atoms with Crippen LogP contribution in [0.4, 0.5) is 5.69 Å². The van der Waals surface area contributed by atoms with E-state index >= 15 is 0 Å². The number of aliphatic hydroxyl groups is 1. The number of aliphatic carboxylic acids is 1. The number of aliphatic imine (C=N–C) groups is 1. The molecule has 0 amide bonds. The van der Waals surface area contributed by atoms with E-state index in [2.05, 4.69) is 4.99 Å². The number of aliphatic hydroxyl groups excluding tert-OH is 1. The van der Waals surface area contributed by atoms with E-state index in [1.54, 1.807) is 24.3 Å². The van der Waals surface area contributed by atoms with E-state index in [4.69, 9.17) is 16.6 Å². The van der Waals surface area contributed by atoms with Gasteiger partial charge in [-0.05, 0) is 47.7 Å². The molecule has 0 radical (unpaired) electrons. The molecule has 2 aromatic carbocycles. The molecule has 0 heterocycles. The van der Waals surface area contributed by atoms with Gasteiger partial charge >= 0.3 is 5.97 Å². The normalized spacial score (nSPS) is 12.0. The molecule has 25 heavy (non-hydrogen) atoms. The lowest BCUT2D eigenvalue weighted by molar-refractivity contribution is -0.131. The molecule has 6 N–H and O–H groups in total. The molecule has 0 aliphatic heterocycles. The summed E-state index contributed by atoms with van der Waals surface area (Å²) in [6.45, 7) is 0. The first-order valence-corrected chi connectivity index (χ1v) is 7.81. The summed E-state index contributed by atoms with van der Waals surface area (Å²) in [5.41, 5.74) is 13.9. The molecule has 2 rings (SSSR count). The lowest BCUT2D eigenvalue weighted by Crippen LogP contribution is -2.21. The average molecular weight is 339 g/mol. The van der Waals surface area contributed by atoms with Gasteiger partial charge in [-0.3, -0.25) is 0 Å². The highest BCUT2D eigenvalue weighted by atomic mass is 16.4. The molecule has 0 fully saturated rings. The Morgan fingerprint density at radius 1 is 1.16 bits per heavy atom. The number of benzene rings is 2. The van der Waals surface area contributed by atoms with Crippen LogP contribution in [-0.2, 0) is 11.2 Å². The van der Waals surface area contributed by atoms with Crippen molar-refractivity contribution in [3.8, 4) is 0 Å². The highest BCUT2D eigenvalue weighted by Gasteiger charge is 2.09. The molecular weight excluding hydrogens is 318 g/mol. The average Bonchev–Trinajstić information content (AvgIpc) is 2.58. The van der Waals surface area contributed by atoms with Crippen LogP contribution in [0.3, 0.4) is 0 Å². The SMILES string of the molecule is NC(N)=Nc1cccc(C(O)CCc2cccc(/C=C/C(=O)O)c2)c1. The Hall–Kier alpha value is -3.12. The van der Waals surface area contributed by atoms with Crippen molar-refractivity contribution in [1.82, 2.24) is 0 Å². The van der Waals surface area contributed by atoms with Crippen molar-refractivity contribution < 1.29 is 15.0 Å². The van der Waals surface area contributed by atoms with Crippen molar-refractivity contribution >= 4 is 23.7 Å². The Morgan fingerprint density at radius 3 is 2.64 bits per heavy atom. The second-order valence-corrected chi connectivity index (χ2v) is 5.60. The number of guanidine groups is 1. The second-order valence-electron chi connectivity index (χ2n) is 5.60. The number of rotatable bonds is 7. The fourth-order valence-corrected chi connectivity index (χ4v) is 2.44. The lowest BCUT2D eigenvalue weighted by atomic mass is 10.00. The molecule has 0 spiro atoms. The minimum Gasteiger partial charge on any atom is -0.478 e. The van der Waals surface area contributed by atoms with E-state index in [1.807, 2.05) is 30.3 Å². The fourth-order valence-electron chi connectivity index (χ4n) is 2.44. The second kappa shape index (κ2) is 8.65. The Morgan fingerprint density at radius 2 is 1.92 bits per heavy atom. The van der Waals surface area contributed by atoms with Crippen LogP contribution in [0.15, 0.2) is 59.6 Å². The molecule has 0 aromatic heterocycles. The van der Waals surface area contributed by atoms with E-state index < -0.39 is 12.1 Å². The molecule has 0 aliphatic rings. The molecule has 1 atom stereocenters. The number of hydrogen-bond acceptors (Lipinski definition) is 3. The van der Waals surface area contributed by atoms with Crippen molar-refractivity contribution in [2.24, 2.45) is 16.5 Å². The zero-order valence-electron chi connectivity index (χ0n) is 13.7. The Kier molecular flexibility index (Phi) is 6.31. The van der Waals surface area contributed by atoms with Crippen LogP contribution in [0, 0.1) is 0 Å². The van der Waals surface area contributed by atoms with Gasteiger partial charge < -0.3 is 21.7 Å². The van der Waals surface area contributed by atoms with E-state index in [0.29, 0.717) is 18.5 Å². The maximum Gasteiger partial charge on any atom is 0.328 e. The van der Waals surface area contributed by atoms with Crippen molar-refractivity contribution in [2.75, 3.05) is 0 Å². The molecule has 6 nitrogen and oxygen atoms in total. The number of carboxylic acids is 1. The van der Waals surface area contributed by atoms with Gasteiger partial charge in [-0.15, -0.1) is 0 Å². The highest BCUT2D eigenvalue weighted by molar-refractivity contribution is 5.85. The Labute approximate surface area is 146 Å². The lowest BCUT2D eigenvalue weighted by Gasteiger charge is -2.12. The van der Waals surface area contributed by atoms with Gasteiger partial charge in [-0.2, -0.15) is 0 Å². The minimum atomic E-state index is -0.985. The van der Waals surface area contributed by atoms with Crippen LogP contribution in [0.1, 0.15) is 29.2 Å². The molecule has 0 saturated carbocycles. The molecule has 6 heteroatoms.